The number of ether oxygens (including phenoxy) is 2. The summed E-state index contributed by atoms with van der Waals surface area (Å²) in [4.78, 5) is 0. The highest BCUT2D eigenvalue weighted by atomic mass is 16.5. The molecule has 3 nitrogen and oxygen atoms in total. The van der Waals surface area contributed by atoms with Crippen molar-refractivity contribution in [2.75, 3.05) is 14.2 Å². The van der Waals surface area contributed by atoms with Gasteiger partial charge in [-0.15, -0.1) is 0 Å². The SMILES string of the molecule is CCC[C@H](N)c1c(OC)cc(C)cc1OC. The van der Waals surface area contributed by atoms with Gasteiger partial charge >= 0.3 is 0 Å². The Morgan fingerprint density at radius 3 is 2.06 bits per heavy atom. The smallest absolute Gasteiger partial charge is 0.127 e. The topological polar surface area (TPSA) is 44.5 Å². The molecule has 0 spiro atoms. The summed E-state index contributed by atoms with van der Waals surface area (Å²) in [5.74, 6) is 1.63. The Morgan fingerprint density at radius 2 is 1.69 bits per heavy atom. The third-order valence-electron chi connectivity index (χ3n) is 2.66. The van der Waals surface area contributed by atoms with E-state index in [4.69, 9.17) is 15.2 Å². The van der Waals surface area contributed by atoms with Crippen LogP contribution in [0.3, 0.4) is 0 Å². The van der Waals surface area contributed by atoms with Gasteiger partial charge in [-0.3, -0.25) is 0 Å². The number of benzene rings is 1. The van der Waals surface area contributed by atoms with E-state index in [1.807, 2.05) is 19.1 Å². The fourth-order valence-corrected chi connectivity index (χ4v) is 1.89. The van der Waals surface area contributed by atoms with E-state index in [1.54, 1.807) is 14.2 Å². The lowest BCUT2D eigenvalue weighted by molar-refractivity contribution is 0.376. The van der Waals surface area contributed by atoms with Crippen LogP contribution < -0.4 is 15.2 Å². The molecule has 0 radical (unpaired) electrons. The van der Waals surface area contributed by atoms with E-state index in [0.717, 1.165) is 35.5 Å². The van der Waals surface area contributed by atoms with Gasteiger partial charge in [0.2, 0.25) is 0 Å². The lowest BCUT2D eigenvalue weighted by atomic mass is 9.99. The first-order chi connectivity index (χ1) is 7.63. The van der Waals surface area contributed by atoms with Crippen molar-refractivity contribution in [2.24, 2.45) is 5.73 Å². The number of nitrogens with two attached hydrogens (primary N) is 1. The van der Waals surface area contributed by atoms with E-state index in [9.17, 15) is 0 Å². The van der Waals surface area contributed by atoms with Crippen molar-refractivity contribution in [1.29, 1.82) is 0 Å². The summed E-state index contributed by atoms with van der Waals surface area (Å²) in [6, 6.07) is 3.95. The molecule has 90 valence electrons. The molecule has 0 saturated heterocycles. The largest absolute Gasteiger partial charge is 0.496 e. The molecule has 1 atom stereocenters. The number of hydrogen-bond acceptors (Lipinski definition) is 3. The quantitative estimate of drug-likeness (QED) is 0.834. The average molecular weight is 223 g/mol. The van der Waals surface area contributed by atoms with E-state index < -0.39 is 0 Å². The molecule has 2 N–H and O–H groups in total. The molecule has 0 amide bonds. The van der Waals surface area contributed by atoms with Crippen LogP contribution in [0.2, 0.25) is 0 Å². The Morgan fingerprint density at radius 1 is 1.19 bits per heavy atom. The van der Waals surface area contributed by atoms with Crippen LogP contribution in [0.25, 0.3) is 0 Å². The second-order valence-corrected chi connectivity index (χ2v) is 3.98. The maximum absolute atomic E-state index is 6.15. The maximum atomic E-state index is 6.15. The predicted molar refractivity (Wildman–Crippen MR) is 66.1 cm³/mol. The van der Waals surface area contributed by atoms with Crippen molar-refractivity contribution in [3.8, 4) is 11.5 Å². The van der Waals surface area contributed by atoms with Crippen LogP contribution in [0.1, 0.15) is 36.9 Å². The van der Waals surface area contributed by atoms with Crippen molar-refractivity contribution in [2.45, 2.75) is 32.7 Å². The Bertz CT molecular complexity index is 325. The van der Waals surface area contributed by atoms with Crippen LogP contribution in [0.15, 0.2) is 12.1 Å². The van der Waals surface area contributed by atoms with Gasteiger partial charge in [-0.25, -0.2) is 0 Å². The number of methoxy groups -OCH3 is 2. The summed E-state index contributed by atoms with van der Waals surface area (Å²) in [7, 11) is 3.33. The molecule has 0 fully saturated rings. The minimum Gasteiger partial charge on any atom is -0.496 e. The zero-order chi connectivity index (χ0) is 12.1. The zero-order valence-corrected chi connectivity index (χ0v) is 10.5. The fraction of sp³-hybridized carbons (Fsp3) is 0.538. The minimum atomic E-state index is -0.0319. The molecule has 16 heavy (non-hydrogen) atoms. The molecule has 1 rings (SSSR count). The Hall–Kier alpha value is -1.22. The minimum absolute atomic E-state index is 0.0319. The second-order valence-electron chi connectivity index (χ2n) is 3.98. The molecule has 0 aliphatic carbocycles. The zero-order valence-electron chi connectivity index (χ0n) is 10.5. The molecule has 0 aliphatic rings. The third-order valence-corrected chi connectivity index (χ3v) is 2.66. The van der Waals surface area contributed by atoms with Gasteiger partial charge in [0.25, 0.3) is 0 Å². The van der Waals surface area contributed by atoms with Crippen LogP contribution in [-0.4, -0.2) is 14.2 Å². The summed E-state index contributed by atoms with van der Waals surface area (Å²) in [5.41, 5.74) is 8.23. The molecule has 0 aromatic heterocycles. The summed E-state index contributed by atoms with van der Waals surface area (Å²) in [6.45, 7) is 4.13. The van der Waals surface area contributed by atoms with Crippen molar-refractivity contribution in [3.63, 3.8) is 0 Å². The molecular formula is C13H21NO2. The van der Waals surface area contributed by atoms with Gasteiger partial charge in [0, 0.05) is 6.04 Å². The van der Waals surface area contributed by atoms with Crippen LogP contribution in [0.5, 0.6) is 11.5 Å². The van der Waals surface area contributed by atoms with Gasteiger partial charge in [-0.05, 0) is 31.0 Å². The summed E-state index contributed by atoms with van der Waals surface area (Å²) in [5, 5.41) is 0. The van der Waals surface area contributed by atoms with E-state index >= 15 is 0 Å². The second kappa shape index (κ2) is 5.75. The average Bonchev–Trinajstić information content (AvgIpc) is 2.27. The van der Waals surface area contributed by atoms with E-state index in [1.165, 1.54) is 0 Å². The maximum Gasteiger partial charge on any atom is 0.127 e. The molecule has 0 bridgehead atoms. The van der Waals surface area contributed by atoms with Gasteiger partial charge in [-0.1, -0.05) is 13.3 Å². The van der Waals surface area contributed by atoms with E-state index in [-0.39, 0.29) is 6.04 Å². The van der Waals surface area contributed by atoms with Gasteiger partial charge in [0.15, 0.2) is 0 Å². The van der Waals surface area contributed by atoms with E-state index in [0.29, 0.717) is 0 Å². The first kappa shape index (κ1) is 12.8. The fourth-order valence-electron chi connectivity index (χ4n) is 1.89. The Balaban J connectivity index is 3.21. The Labute approximate surface area is 97.6 Å². The predicted octanol–water partition coefficient (Wildman–Crippen LogP) is 2.81. The van der Waals surface area contributed by atoms with E-state index in [2.05, 4.69) is 6.92 Å². The lowest BCUT2D eigenvalue weighted by Crippen LogP contribution is -2.13. The van der Waals surface area contributed by atoms with Crippen molar-refractivity contribution >= 4 is 0 Å². The number of hydrogen-bond donors (Lipinski definition) is 1. The monoisotopic (exact) mass is 223 g/mol. The standard InChI is InChI=1S/C13H21NO2/c1-5-6-10(14)13-11(15-3)7-9(2)8-12(13)16-4/h7-8,10H,5-6,14H2,1-4H3/t10-/m0/s1. The van der Waals surface area contributed by atoms with Crippen LogP contribution in [-0.2, 0) is 0 Å². The highest BCUT2D eigenvalue weighted by molar-refractivity contribution is 5.49. The van der Waals surface area contributed by atoms with Crippen molar-refractivity contribution in [3.05, 3.63) is 23.3 Å². The molecule has 0 saturated carbocycles. The summed E-state index contributed by atoms with van der Waals surface area (Å²) >= 11 is 0. The molecular weight excluding hydrogens is 202 g/mol. The number of rotatable bonds is 5. The molecule has 1 aromatic rings. The van der Waals surface area contributed by atoms with Crippen LogP contribution >= 0.6 is 0 Å². The summed E-state index contributed by atoms with van der Waals surface area (Å²) < 4.78 is 10.8. The van der Waals surface area contributed by atoms with Gasteiger partial charge in [0.05, 0.1) is 19.8 Å². The van der Waals surface area contributed by atoms with Gasteiger partial charge in [0.1, 0.15) is 11.5 Å². The highest BCUT2D eigenvalue weighted by Crippen LogP contribution is 2.36. The highest BCUT2D eigenvalue weighted by Gasteiger charge is 2.17. The molecule has 3 heteroatoms. The van der Waals surface area contributed by atoms with Crippen LogP contribution in [0, 0.1) is 6.92 Å². The third kappa shape index (κ3) is 2.67. The van der Waals surface area contributed by atoms with Crippen LogP contribution in [0.4, 0.5) is 0 Å². The van der Waals surface area contributed by atoms with Gasteiger partial charge < -0.3 is 15.2 Å². The molecule has 0 heterocycles. The molecule has 1 aromatic carbocycles. The molecule has 0 aliphatic heterocycles. The first-order valence-corrected chi connectivity index (χ1v) is 5.62. The van der Waals surface area contributed by atoms with Crippen molar-refractivity contribution in [1.82, 2.24) is 0 Å². The summed E-state index contributed by atoms with van der Waals surface area (Å²) in [6.07, 6.45) is 1.97. The molecule has 0 unspecified atom stereocenters. The first-order valence-electron chi connectivity index (χ1n) is 5.62. The normalized spacial score (nSPS) is 12.3. The van der Waals surface area contributed by atoms with Gasteiger partial charge in [-0.2, -0.15) is 0 Å². The Kier molecular flexibility index (Phi) is 4.62. The number of aryl methyl sites for hydroxylation is 1. The lowest BCUT2D eigenvalue weighted by Gasteiger charge is -2.19. The van der Waals surface area contributed by atoms with Crippen molar-refractivity contribution < 1.29 is 9.47 Å².